The van der Waals surface area contributed by atoms with Gasteiger partial charge >= 0.3 is 6.03 Å². The van der Waals surface area contributed by atoms with Gasteiger partial charge in [0.05, 0.1) is 18.4 Å². The van der Waals surface area contributed by atoms with Gasteiger partial charge in [-0.1, -0.05) is 12.1 Å². The second kappa shape index (κ2) is 11.0. The van der Waals surface area contributed by atoms with Crippen molar-refractivity contribution in [2.24, 2.45) is 0 Å². The van der Waals surface area contributed by atoms with Crippen molar-refractivity contribution in [2.45, 2.75) is 45.1 Å². The van der Waals surface area contributed by atoms with E-state index in [1.165, 1.54) is 19.2 Å². The first kappa shape index (κ1) is 22.9. The summed E-state index contributed by atoms with van der Waals surface area (Å²) in [5.41, 5.74) is 1.57. The first-order valence-electron chi connectivity index (χ1n) is 10.6. The number of benzene rings is 1. The van der Waals surface area contributed by atoms with Crippen LogP contribution in [-0.2, 0) is 13.1 Å². The molecule has 1 atom stereocenters. The Morgan fingerprint density at radius 2 is 1.97 bits per heavy atom. The Hall–Kier alpha value is -2.74. The van der Waals surface area contributed by atoms with Crippen LogP contribution in [0.4, 0.5) is 13.6 Å². The maximum absolute atomic E-state index is 13.2. The lowest BCUT2D eigenvalue weighted by Crippen LogP contribution is -2.49. The number of hydrogen-bond acceptors (Lipinski definition) is 4. The number of hydrogen-bond donors (Lipinski definition) is 1. The molecule has 6 nitrogen and oxygen atoms in total. The Kier molecular flexibility index (Phi) is 8.17. The SMILES string of the molecule is C[C@@H](F)COc1ccc(CNC(=O)N(Cc2ccc(F)cn2)C2CCN(C)CC2)cc1. The van der Waals surface area contributed by atoms with Crippen molar-refractivity contribution in [3.05, 3.63) is 59.7 Å². The van der Waals surface area contributed by atoms with Crippen LogP contribution in [0.3, 0.4) is 0 Å². The molecule has 0 radical (unpaired) electrons. The minimum Gasteiger partial charge on any atom is -0.491 e. The van der Waals surface area contributed by atoms with E-state index in [0.29, 0.717) is 24.5 Å². The molecule has 3 rings (SSSR count). The number of halogens is 2. The number of amides is 2. The van der Waals surface area contributed by atoms with Gasteiger partial charge in [-0.25, -0.2) is 13.6 Å². The van der Waals surface area contributed by atoms with Crippen LogP contribution in [0.1, 0.15) is 31.0 Å². The zero-order valence-electron chi connectivity index (χ0n) is 18.1. The van der Waals surface area contributed by atoms with Crippen LogP contribution in [0.25, 0.3) is 0 Å². The summed E-state index contributed by atoms with van der Waals surface area (Å²) in [4.78, 5) is 21.2. The van der Waals surface area contributed by atoms with Gasteiger partial charge in [-0.05, 0) is 69.7 Å². The number of alkyl halides is 1. The number of likely N-dealkylation sites (tertiary alicyclic amines) is 1. The van der Waals surface area contributed by atoms with Gasteiger partial charge in [0.15, 0.2) is 0 Å². The van der Waals surface area contributed by atoms with Crippen LogP contribution in [0.2, 0.25) is 0 Å². The Morgan fingerprint density at radius 1 is 1.26 bits per heavy atom. The molecule has 8 heteroatoms. The smallest absolute Gasteiger partial charge is 0.318 e. The Morgan fingerprint density at radius 3 is 2.58 bits per heavy atom. The lowest BCUT2D eigenvalue weighted by Gasteiger charge is -2.37. The van der Waals surface area contributed by atoms with E-state index in [0.717, 1.165) is 31.5 Å². The van der Waals surface area contributed by atoms with Crippen molar-refractivity contribution in [2.75, 3.05) is 26.7 Å². The largest absolute Gasteiger partial charge is 0.491 e. The monoisotopic (exact) mass is 432 g/mol. The molecule has 0 bridgehead atoms. The van der Waals surface area contributed by atoms with Crippen molar-refractivity contribution in [3.8, 4) is 5.75 Å². The molecule has 2 amide bonds. The number of carbonyl (C=O) groups excluding carboxylic acids is 1. The molecule has 1 aliphatic rings. The summed E-state index contributed by atoms with van der Waals surface area (Å²) in [7, 11) is 2.07. The molecule has 31 heavy (non-hydrogen) atoms. The summed E-state index contributed by atoms with van der Waals surface area (Å²) >= 11 is 0. The molecule has 1 aliphatic heterocycles. The van der Waals surface area contributed by atoms with Gasteiger partial charge in [-0.15, -0.1) is 0 Å². The third-order valence-electron chi connectivity index (χ3n) is 5.36. The van der Waals surface area contributed by atoms with Gasteiger partial charge < -0.3 is 19.9 Å². The Labute approximate surface area is 182 Å². The van der Waals surface area contributed by atoms with Gasteiger partial charge in [0.2, 0.25) is 0 Å². The van der Waals surface area contributed by atoms with Crippen LogP contribution in [-0.4, -0.2) is 59.8 Å². The van der Waals surface area contributed by atoms with E-state index in [9.17, 15) is 13.6 Å². The predicted octanol–water partition coefficient (Wildman–Crippen LogP) is 3.76. The van der Waals surface area contributed by atoms with Crippen molar-refractivity contribution in [3.63, 3.8) is 0 Å². The minimum atomic E-state index is -1.03. The number of carbonyl (C=O) groups is 1. The first-order chi connectivity index (χ1) is 14.9. The highest BCUT2D eigenvalue weighted by molar-refractivity contribution is 5.74. The summed E-state index contributed by atoms with van der Waals surface area (Å²) in [6.07, 6.45) is 1.90. The van der Waals surface area contributed by atoms with Crippen LogP contribution < -0.4 is 10.1 Å². The molecule has 168 valence electrons. The number of pyridine rings is 1. The zero-order valence-corrected chi connectivity index (χ0v) is 18.1. The van der Waals surface area contributed by atoms with E-state index in [1.807, 2.05) is 12.1 Å². The van der Waals surface area contributed by atoms with E-state index in [2.05, 4.69) is 22.2 Å². The lowest BCUT2D eigenvalue weighted by molar-refractivity contribution is 0.126. The van der Waals surface area contributed by atoms with E-state index in [4.69, 9.17) is 4.74 Å². The molecular formula is C23H30F2N4O2. The number of nitrogens with one attached hydrogen (secondary N) is 1. The summed E-state index contributed by atoms with van der Waals surface area (Å²) in [5.74, 6) is 0.197. The highest BCUT2D eigenvalue weighted by Gasteiger charge is 2.27. The fraction of sp³-hybridized carbons (Fsp3) is 0.478. The third kappa shape index (κ3) is 7.17. The van der Waals surface area contributed by atoms with Crippen LogP contribution in [0.15, 0.2) is 42.6 Å². The molecule has 0 spiro atoms. The molecule has 0 unspecified atom stereocenters. The molecule has 1 saturated heterocycles. The maximum atomic E-state index is 13.2. The number of urea groups is 1. The normalized spacial score (nSPS) is 16.0. The number of piperidine rings is 1. The van der Waals surface area contributed by atoms with E-state index < -0.39 is 12.0 Å². The standard InChI is InChI=1S/C23H30F2N4O2/c1-17(24)16-31-22-7-3-18(4-8-22)13-27-23(30)29(21-9-11-28(2)12-10-21)15-20-6-5-19(25)14-26-20/h3-8,14,17,21H,9-13,15-16H2,1-2H3,(H,27,30)/t17-/m1/s1. The van der Waals surface area contributed by atoms with E-state index >= 15 is 0 Å². The lowest BCUT2D eigenvalue weighted by atomic mass is 10.0. The quantitative estimate of drug-likeness (QED) is 0.690. The summed E-state index contributed by atoms with van der Waals surface area (Å²) in [6, 6.07) is 10.1. The molecule has 1 aromatic carbocycles. The predicted molar refractivity (Wildman–Crippen MR) is 115 cm³/mol. The summed E-state index contributed by atoms with van der Waals surface area (Å²) < 4.78 is 31.5. The summed E-state index contributed by atoms with van der Waals surface area (Å²) in [5, 5.41) is 2.98. The van der Waals surface area contributed by atoms with Crippen molar-refractivity contribution in [1.82, 2.24) is 20.1 Å². The van der Waals surface area contributed by atoms with E-state index in [1.54, 1.807) is 23.1 Å². The van der Waals surface area contributed by atoms with Crippen LogP contribution >= 0.6 is 0 Å². The van der Waals surface area contributed by atoms with Gasteiger partial charge in [0.25, 0.3) is 0 Å². The Bertz CT molecular complexity index is 822. The van der Waals surface area contributed by atoms with Gasteiger partial charge in [0, 0.05) is 12.6 Å². The average Bonchev–Trinajstić information content (AvgIpc) is 2.77. The fourth-order valence-corrected chi connectivity index (χ4v) is 3.54. The molecule has 1 aromatic heterocycles. The molecule has 1 N–H and O–H groups in total. The van der Waals surface area contributed by atoms with Crippen molar-refractivity contribution in [1.29, 1.82) is 0 Å². The second-order valence-corrected chi connectivity index (χ2v) is 8.02. The fourth-order valence-electron chi connectivity index (χ4n) is 3.54. The van der Waals surface area contributed by atoms with Gasteiger partial charge in [0.1, 0.15) is 24.3 Å². The number of rotatable bonds is 8. The number of nitrogens with zero attached hydrogens (tertiary/aromatic N) is 3. The first-order valence-corrected chi connectivity index (χ1v) is 10.6. The molecule has 2 aromatic rings. The molecule has 0 saturated carbocycles. The topological polar surface area (TPSA) is 57.7 Å². The van der Waals surface area contributed by atoms with Crippen LogP contribution in [0, 0.1) is 5.82 Å². The highest BCUT2D eigenvalue weighted by Crippen LogP contribution is 2.19. The average molecular weight is 433 g/mol. The number of ether oxygens (including phenoxy) is 1. The van der Waals surface area contributed by atoms with E-state index in [-0.39, 0.29) is 18.7 Å². The second-order valence-electron chi connectivity index (χ2n) is 8.02. The molecular weight excluding hydrogens is 402 g/mol. The molecule has 1 fully saturated rings. The maximum Gasteiger partial charge on any atom is 0.318 e. The number of aromatic nitrogens is 1. The van der Waals surface area contributed by atoms with Gasteiger partial charge in [-0.2, -0.15) is 0 Å². The minimum absolute atomic E-state index is 0.0129. The Balaban J connectivity index is 1.61. The van der Waals surface area contributed by atoms with Gasteiger partial charge in [-0.3, -0.25) is 4.98 Å². The highest BCUT2D eigenvalue weighted by atomic mass is 19.1. The van der Waals surface area contributed by atoms with Crippen molar-refractivity contribution < 1.29 is 18.3 Å². The molecule has 0 aliphatic carbocycles. The summed E-state index contributed by atoms with van der Waals surface area (Å²) in [6.45, 7) is 3.99. The van der Waals surface area contributed by atoms with Crippen molar-refractivity contribution >= 4 is 6.03 Å². The molecule has 2 heterocycles. The zero-order chi connectivity index (χ0) is 22.2. The third-order valence-corrected chi connectivity index (χ3v) is 5.36. The van der Waals surface area contributed by atoms with Crippen LogP contribution in [0.5, 0.6) is 5.75 Å².